The molecule has 1 rings (SSSR count). The molecular weight excluding hydrogens is 320 g/mol. The van der Waals surface area contributed by atoms with E-state index in [0.717, 1.165) is 0 Å². The summed E-state index contributed by atoms with van der Waals surface area (Å²) < 4.78 is 10.1. The van der Waals surface area contributed by atoms with Gasteiger partial charge >= 0.3 is 0 Å². The Balaban J connectivity index is 2.91. The minimum atomic E-state index is -2.05. The van der Waals surface area contributed by atoms with E-state index in [-0.39, 0.29) is 0 Å². The smallest absolute Gasteiger partial charge is 0.189 e. The minimum Gasteiger partial charge on any atom is -0.394 e. The zero-order valence-electron chi connectivity index (χ0n) is 12.0. The number of rotatable bonds is 8. The number of aliphatic hydroxyl groups is 8. The fraction of sp³-hybridized carbons (Fsp3) is 0.917. The first-order valence-corrected chi connectivity index (χ1v) is 6.85. The minimum absolute atomic E-state index is 0.726. The van der Waals surface area contributed by atoms with Gasteiger partial charge in [0.25, 0.3) is 0 Å². The van der Waals surface area contributed by atoms with Gasteiger partial charge in [-0.05, 0) is 0 Å². The zero-order chi connectivity index (χ0) is 17.7. The van der Waals surface area contributed by atoms with E-state index in [0.29, 0.717) is 0 Å². The van der Waals surface area contributed by atoms with Crippen molar-refractivity contribution < 1.29 is 55.1 Å². The summed E-state index contributed by atoms with van der Waals surface area (Å²) in [7, 11) is 0. The van der Waals surface area contributed by atoms with Gasteiger partial charge in [-0.2, -0.15) is 0 Å². The van der Waals surface area contributed by atoms with Crippen LogP contribution in [0.15, 0.2) is 0 Å². The van der Waals surface area contributed by atoms with Gasteiger partial charge < -0.3 is 50.3 Å². The average Bonchev–Trinajstić information content (AvgIpc) is 2.57. The molecule has 0 aromatic heterocycles. The summed E-state index contributed by atoms with van der Waals surface area (Å²) in [6.07, 6.45) is -13.8. The molecule has 1 aliphatic rings. The molecule has 0 aliphatic carbocycles. The number of carbonyl (C=O) groups excluding carboxylic acids is 1. The highest BCUT2D eigenvalue weighted by molar-refractivity contribution is 5.84. The van der Waals surface area contributed by atoms with Crippen LogP contribution in [0.25, 0.3) is 0 Å². The molecule has 1 aliphatic heterocycles. The summed E-state index contributed by atoms with van der Waals surface area (Å²) in [4.78, 5) is 11.3. The highest BCUT2D eigenvalue weighted by atomic mass is 16.7. The van der Waals surface area contributed by atoms with Crippen molar-refractivity contribution in [1.29, 1.82) is 0 Å². The molecule has 1 fully saturated rings. The Morgan fingerprint density at radius 2 is 1.65 bits per heavy atom. The van der Waals surface area contributed by atoms with E-state index in [9.17, 15) is 30.3 Å². The second kappa shape index (κ2) is 8.94. The first-order chi connectivity index (χ1) is 10.8. The fourth-order valence-electron chi connectivity index (χ4n) is 2.09. The van der Waals surface area contributed by atoms with Gasteiger partial charge in [0.2, 0.25) is 0 Å². The summed E-state index contributed by atoms with van der Waals surface area (Å²) in [5, 5.41) is 75.1. The van der Waals surface area contributed by atoms with Gasteiger partial charge in [-0.1, -0.05) is 0 Å². The molecule has 11 nitrogen and oxygen atoms in total. The molecule has 0 saturated carbocycles. The van der Waals surface area contributed by atoms with Gasteiger partial charge in [0, 0.05) is 0 Å². The van der Waals surface area contributed by atoms with Crippen LogP contribution in [-0.2, 0) is 14.3 Å². The van der Waals surface area contributed by atoms with E-state index in [2.05, 4.69) is 0 Å². The highest BCUT2D eigenvalue weighted by Gasteiger charge is 2.46. The topological polar surface area (TPSA) is 197 Å². The summed E-state index contributed by atoms with van der Waals surface area (Å²) in [6.45, 7) is -2.71. The molecule has 8 atom stereocenters. The van der Waals surface area contributed by atoms with Crippen molar-refractivity contribution in [3.05, 3.63) is 0 Å². The first kappa shape index (κ1) is 20.3. The lowest BCUT2D eigenvalue weighted by molar-refractivity contribution is -0.323. The van der Waals surface area contributed by atoms with Crippen LogP contribution in [0.1, 0.15) is 0 Å². The van der Waals surface area contributed by atoms with Crippen LogP contribution < -0.4 is 0 Å². The Morgan fingerprint density at radius 3 is 2.13 bits per heavy atom. The predicted molar refractivity (Wildman–Crippen MR) is 69.8 cm³/mol. The molecule has 0 aromatic rings. The Hall–Kier alpha value is -0.730. The van der Waals surface area contributed by atoms with Gasteiger partial charge in [0.15, 0.2) is 12.1 Å². The van der Waals surface area contributed by atoms with Gasteiger partial charge in [0.1, 0.15) is 49.3 Å². The molecule has 8 N–H and O–H groups in total. The van der Waals surface area contributed by atoms with Crippen molar-refractivity contribution in [1.82, 2.24) is 0 Å². The lowest BCUT2D eigenvalue weighted by Gasteiger charge is -2.41. The van der Waals surface area contributed by atoms with E-state index < -0.39 is 74.6 Å². The predicted octanol–water partition coefficient (Wildman–Crippen LogP) is -5.55. The van der Waals surface area contributed by atoms with E-state index in [1.54, 1.807) is 0 Å². The maximum atomic E-state index is 11.3. The lowest BCUT2D eigenvalue weighted by Crippen LogP contribution is -2.61. The van der Waals surface area contributed by atoms with Gasteiger partial charge in [-0.25, -0.2) is 0 Å². The third-order valence-corrected chi connectivity index (χ3v) is 3.50. The number of ketones is 1. The van der Waals surface area contributed by atoms with Crippen molar-refractivity contribution in [2.45, 2.75) is 49.0 Å². The zero-order valence-corrected chi connectivity index (χ0v) is 12.0. The van der Waals surface area contributed by atoms with Crippen LogP contribution in [0, 0.1) is 0 Å². The lowest BCUT2D eigenvalue weighted by atomic mass is 9.98. The molecule has 0 unspecified atom stereocenters. The standard InChI is InChI=1S/C12H22O11/c13-1-4(16)7(18)11(5(17)2-14)23-12-10(21)9(20)8(19)6(3-15)22-12/h5-15,17-21H,1-3H2/t5-,6-,7+,8-,9+,10-,11+,12+/m1/s1. The largest absolute Gasteiger partial charge is 0.394 e. The summed E-state index contributed by atoms with van der Waals surface area (Å²) in [5.74, 6) is -1.12. The maximum Gasteiger partial charge on any atom is 0.189 e. The number of hydrogen-bond acceptors (Lipinski definition) is 11. The number of hydrogen-bond donors (Lipinski definition) is 8. The van der Waals surface area contributed by atoms with Crippen LogP contribution >= 0.6 is 0 Å². The van der Waals surface area contributed by atoms with Crippen molar-refractivity contribution in [3.8, 4) is 0 Å². The first-order valence-electron chi connectivity index (χ1n) is 6.85. The van der Waals surface area contributed by atoms with E-state index in [1.165, 1.54) is 0 Å². The van der Waals surface area contributed by atoms with Crippen LogP contribution in [0.2, 0.25) is 0 Å². The number of Topliss-reactive ketones (excluding diaryl/α,β-unsaturated/α-hetero) is 1. The Kier molecular flexibility index (Phi) is 7.89. The normalized spacial score (nSPS) is 35.6. The number of carbonyl (C=O) groups is 1. The number of aliphatic hydroxyl groups excluding tert-OH is 8. The van der Waals surface area contributed by atoms with Crippen molar-refractivity contribution >= 4 is 5.78 Å². The molecule has 0 radical (unpaired) electrons. The summed E-state index contributed by atoms with van der Waals surface area (Å²) >= 11 is 0. The Morgan fingerprint density at radius 1 is 1.04 bits per heavy atom. The average molecular weight is 342 g/mol. The molecule has 0 bridgehead atoms. The molecule has 0 amide bonds. The molecule has 1 saturated heterocycles. The monoisotopic (exact) mass is 342 g/mol. The van der Waals surface area contributed by atoms with Crippen molar-refractivity contribution in [2.75, 3.05) is 19.8 Å². The van der Waals surface area contributed by atoms with Crippen LogP contribution in [0.4, 0.5) is 0 Å². The van der Waals surface area contributed by atoms with Crippen molar-refractivity contribution in [2.24, 2.45) is 0 Å². The van der Waals surface area contributed by atoms with E-state index in [1.807, 2.05) is 0 Å². The second-order valence-electron chi connectivity index (χ2n) is 5.12. The third-order valence-electron chi connectivity index (χ3n) is 3.50. The van der Waals surface area contributed by atoms with Crippen LogP contribution in [0.3, 0.4) is 0 Å². The third kappa shape index (κ3) is 4.64. The van der Waals surface area contributed by atoms with Gasteiger partial charge in [-0.15, -0.1) is 0 Å². The molecule has 1 heterocycles. The Labute approximate surface area is 130 Å². The Bertz CT molecular complexity index is 376. The van der Waals surface area contributed by atoms with Crippen LogP contribution in [-0.4, -0.2) is 115 Å². The van der Waals surface area contributed by atoms with Crippen LogP contribution in [0.5, 0.6) is 0 Å². The highest BCUT2D eigenvalue weighted by Crippen LogP contribution is 2.24. The second-order valence-corrected chi connectivity index (χ2v) is 5.12. The molecule has 11 heteroatoms. The van der Waals surface area contributed by atoms with E-state index >= 15 is 0 Å². The summed E-state index contributed by atoms with van der Waals surface area (Å²) in [5.41, 5.74) is 0. The quantitative estimate of drug-likeness (QED) is 0.209. The van der Waals surface area contributed by atoms with E-state index in [4.69, 9.17) is 24.8 Å². The fourth-order valence-corrected chi connectivity index (χ4v) is 2.09. The molecule has 0 aromatic carbocycles. The SMILES string of the molecule is O=C(CO)[C@H](O)[C@@H](O[C@@H]1O[C@H](CO)[C@@H](O)[C@H](O)[C@H]1O)[C@H](O)CO. The summed E-state index contributed by atoms with van der Waals surface area (Å²) in [6, 6.07) is 0. The molecular formula is C12H22O11. The molecule has 23 heavy (non-hydrogen) atoms. The molecule has 0 spiro atoms. The van der Waals surface area contributed by atoms with Gasteiger partial charge in [-0.3, -0.25) is 4.79 Å². The molecule has 136 valence electrons. The number of ether oxygens (including phenoxy) is 2. The maximum absolute atomic E-state index is 11.3. The van der Waals surface area contributed by atoms with Crippen molar-refractivity contribution in [3.63, 3.8) is 0 Å². The van der Waals surface area contributed by atoms with Gasteiger partial charge in [0.05, 0.1) is 13.2 Å².